The summed E-state index contributed by atoms with van der Waals surface area (Å²) in [6.45, 7) is 11.2. The maximum atomic E-state index is 11.6. The molecule has 0 aromatic heterocycles. The van der Waals surface area contributed by atoms with Gasteiger partial charge in [0, 0.05) is 5.41 Å². The van der Waals surface area contributed by atoms with E-state index in [2.05, 4.69) is 13.5 Å². The molecule has 2 nitrogen and oxygen atoms in total. The summed E-state index contributed by atoms with van der Waals surface area (Å²) >= 11 is 0. The van der Waals surface area contributed by atoms with E-state index < -0.39 is 0 Å². The first-order valence-corrected chi connectivity index (χ1v) is 5.91. The molecular formula is C14H22O2. The van der Waals surface area contributed by atoms with Gasteiger partial charge in [0.1, 0.15) is 5.76 Å². The lowest BCUT2D eigenvalue weighted by Gasteiger charge is -2.30. The van der Waals surface area contributed by atoms with Gasteiger partial charge in [-0.2, -0.15) is 0 Å². The Bertz CT molecular complexity index is 336. The van der Waals surface area contributed by atoms with Crippen molar-refractivity contribution in [2.45, 2.75) is 47.0 Å². The first-order valence-electron chi connectivity index (χ1n) is 5.91. The second-order valence-electron chi connectivity index (χ2n) is 5.27. The molecule has 1 aliphatic rings. The summed E-state index contributed by atoms with van der Waals surface area (Å²) in [6.07, 6.45) is 3.18. The fourth-order valence-corrected chi connectivity index (χ4v) is 2.65. The van der Waals surface area contributed by atoms with Crippen molar-refractivity contribution >= 4 is 5.78 Å². The largest absolute Gasteiger partial charge is 0.511 e. The molecule has 2 atom stereocenters. The molecule has 1 saturated carbocycles. The molecule has 1 N–H and O–H groups in total. The van der Waals surface area contributed by atoms with E-state index in [4.69, 9.17) is 0 Å². The molecule has 0 aromatic carbocycles. The molecule has 2 heteroatoms. The minimum Gasteiger partial charge on any atom is -0.511 e. The number of carbonyl (C=O) groups excluding carboxylic acids is 1. The number of carbonyl (C=O) groups is 1. The third-order valence-corrected chi connectivity index (χ3v) is 3.98. The number of Topliss-reactive ketones (excluding diaryl/α,β-unsaturated/α-hetero) is 1. The van der Waals surface area contributed by atoms with Crippen LogP contribution in [0.5, 0.6) is 0 Å². The van der Waals surface area contributed by atoms with Gasteiger partial charge in [0.05, 0.1) is 5.57 Å². The smallest absolute Gasteiger partial charge is 0.163 e. The van der Waals surface area contributed by atoms with Crippen LogP contribution in [0.1, 0.15) is 47.0 Å². The SMILES string of the molecule is C=C(C)/C(C(C)=O)=C(/O)[C@@]1(C)CCCC1C. The quantitative estimate of drug-likeness (QED) is 0.448. The topological polar surface area (TPSA) is 37.3 Å². The number of aliphatic hydroxyl groups excluding tert-OH is 1. The van der Waals surface area contributed by atoms with Gasteiger partial charge >= 0.3 is 0 Å². The zero-order chi connectivity index (χ0) is 12.5. The molecule has 1 unspecified atom stereocenters. The summed E-state index contributed by atoms with van der Waals surface area (Å²) in [5.74, 6) is 0.573. The fraction of sp³-hybridized carbons (Fsp3) is 0.643. The van der Waals surface area contributed by atoms with Crippen molar-refractivity contribution < 1.29 is 9.90 Å². The highest BCUT2D eigenvalue weighted by atomic mass is 16.3. The molecular weight excluding hydrogens is 200 g/mol. The van der Waals surface area contributed by atoms with Crippen molar-refractivity contribution in [1.29, 1.82) is 0 Å². The predicted octanol–water partition coefficient (Wildman–Crippen LogP) is 3.79. The third-order valence-electron chi connectivity index (χ3n) is 3.98. The molecule has 1 rings (SSSR count). The molecule has 0 heterocycles. The van der Waals surface area contributed by atoms with Gasteiger partial charge in [-0.25, -0.2) is 0 Å². The molecule has 0 bridgehead atoms. The summed E-state index contributed by atoms with van der Waals surface area (Å²) in [5, 5.41) is 10.4. The minimum atomic E-state index is -0.250. The second kappa shape index (κ2) is 4.44. The average Bonchev–Trinajstić information content (AvgIpc) is 2.47. The Morgan fingerprint density at radius 1 is 1.44 bits per heavy atom. The van der Waals surface area contributed by atoms with Crippen LogP contribution in [0, 0.1) is 11.3 Å². The highest BCUT2D eigenvalue weighted by Gasteiger charge is 2.41. The van der Waals surface area contributed by atoms with Crippen molar-refractivity contribution in [3.8, 4) is 0 Å². The fourth-order valence-electron chi connectivity index (χ4n) is 2.65. The van der Waals surface area contributed by atoms with Crippen LogP contribution in [-0.2, 0) is 4.79 Å². The van der Waals surface area contributed by atoms with Crippen molar-refractivity contribution in [1.82, 2.24) is 0 Å². The zero-order valence-corrected chi connectivity index (χ0v) is 10.8. The summed E-state index contributed by atoms with van der Waals surface area (Å²) < 4.78 is 0. The van der Waals surface area contributed by atoms with Gasteiger partial charge in [-0.05, 0) is 38.2 Å². The normalized spacial score (nSPS) is 31.1. The Labute approximate surface area is 98.1 Å². The lowest BCUT2D eigenvalue weighted by atomic mass is 9.76. The summed E-state index contributed by atoms with van der Waals surface area (Å²) in [6, 6.07) is 0. The molecule has 0 aromatic rings. The van der Waals surface area contributed by atoms with E-state index in [9.17, 15) is 9.90 Å². The Kier molecular flexibility index (Phi) is 3.61. The first-order chi connectivity index (χ1) is 7.30. The Morgan fingerprint density at radius 2 is 2.00 bits per heavy atom. The number of hydrogen-bond acceptors (Lipinski definition) is 2. The monoisotopic (exact) mass is 222 g/mol. The molecule has 0 aliphatic heterocycles. The molecule has 90 valence electrons. The zero-order valence-electron chi connectivity index (χ0n) is 10.8. The van der Waals surface area contributed by atoms with Gasteiger partial charge in [-0.1, -0.05) is 26.8 Å². The Balaban J connectivity index is 3.24. The molecule has 1 fully saturated rings. The predicted molar refractivity (Wildman–Crippen MR) is 66.3 cm³/mol. The number of rotatable bonds is 3. The van der Waals surface area contributed by atoms with Crippen LogP contribution in [-0.4, -0.2) is 10.9 Å². The molecule has 1 aliphatic carbocycles. The van der Waals surface area contributed by atoms with Crippen LogP contribution in [0.25, 0.3) is 0 Å². The highest BCUT2D eigenvalue weighted by Crippen LogP contribution is 2.48. The third kappa shape index (κ3) is 2.06. The lowest BCUT2D eigenvalue weighted by Crippen LogP contribution is -2.25. The molecule has 0 radical (unpaired) electrons. The standard InChI is InChI=1S/C14H22O2/c1-9(2)12(11(4)15)13(16)14(5)8-6-7-10(14)3/h10,16H,1,6-8H2,2-5H3/b13-12-/t10?,14-/m0/s1. The van der Waals surface area contributed by atoms with Gasteiger partial charge in [0.15, 0.2) is 5.78 Å². The number of hydrogen-bond donors (Lipinski definition) is 1. The van der Waals surface area contributed by atoms with E-state index in [1.165, 1.54) is 6.92 Å². The van der Waals surface area contributed by atoms with Crippen LogP contribution in [0.15, 0.2) is 23.5 Å². The van der Waals surface area contributed by atoms with Crippen molar-refractivity contribution in [3.05, 3.63) is 23.5 Å². The van der Waals surface area contributed by atoms with Crippen molar-refractivity contribution in [3.63, 3.8) is 0 Å². The second-order valence-corrected chi connectivity index (χ2v) is 5.27. The Morgan fingerprint density at radius 3 is 2.31 bits per heavy atom. The van der Waals surface area contributed by atoms with E-state index in [-0.39, 0.29) is 17.0 Å². The van der Waals surface area contributed by atoms with Gasteiger partial charge in [0.2, 0.25) is 0 Å². The van der Waals surface area contributed by atoms with Gasteiger partial charge < -0.3 is 5.11 Å². The van der Waals surface area contributed by atoms with Crippen LogP contribution >= 0.6 is 0 Å². The van der Waals surface area contributed by atoms with Crippen LogP contribution in [0.3, 0.4) is 0 Å². The highest BCUT2D eigenvalue weighted by molar-refractivity contribution is 5.98. The summed E-state index contributed by atoms with van der Waals surface area (Å²) in [5.41, 5.74) is 0.835. The lowest BCUT2D eigenvalue weighted by molar-refractivity contribution is -0.113. The maximum absolute atomic E-state index is 11.6. The van der Waals surface area contributed by atoms with Crippen LogP contribution in [0.2, 0.25) is 0 Å². The van der Waals surface area contributed by atoms with E-state index in [0.717, 1.165) is 19.3 Å². The Hall–Kier alpha value is -1.05. The van der Waals surface area contributed by atoms with E-state index >= 15 is 0 Å². The molecule has 0 saturated heterocycles. The number of allylic oxidation sites excluding steroid dienone is 3. The molecule has 0 spiro atoms. The van der Waals surface area contributed by atoms with Gasteiger partial charge in [-0.3, -0.25) is 4.79 Å². The minimum absolute atomic E-state index is 0.0923. The number of ketones is 1. The van der Waals surface area contributed by atoms with Crippen molar-refractivity contribution in [2.24, 2.45) is 11.3 Å². The molecule has 16 heavy (non-hydrogen) atoms. The number of aliphatic hydroxyl groups is 1. The summed E-state index contributed by atoms with van der Waals surface area (Å²) in [4.78, 5) is 11.6. The van der Waals surface area contributed by atoms with Crippen LogP contribution < -0.4 is 0 Å². The first kappa shape index (κ1) is 13.0. The summed E-state index contributed by atoms with van der Waals surface area (Å²) in [7, 11) is 0. The van der Waals surface area contributed by atoms with Gasteiger partial charge in [-0.15, -0.1) is 0 Å². The van der Waals surface area contributed by atoms with E-state index in [1.54, 1.807) is 6.92 Å². The molecule has 0 amide bonds. The maximum Gasteiger partial charge on any atom is 0.163 e. The average molecular weight is 222 g/mol. The van der Waals surface area contributed by atoms with E-state index in [1.807, 2.05) is 6.92 Å². The van der Waals surface area contributed by atoms with Crippen molar-refractivity contribution in [2.75, 3.05) is 0 Å². The van der Waals surface area contributed by atoms with Gasteiger partial charge in [0.25, 0.3) is 0 Å². The van der Waals surface area contributed by atoms with E-state index in [0.29, 0.717) is 17.1 Å². The van der Waals surface area contributed by atoms with Crippen LogP contribution in [0.4, 0.5) is 0 Å².